The van der Waals surface area contributed by atoms with Crippen LogP contribution in [0.4, 0.5) is 5.69 Å². The topological polar surface area (TPSA) is 45.5 Å². The van der Waals surface area contributed by atoms with Crippen molar-refractivity contribution in [3.63, 3.8) is 0 Å². The predicted molar refractivity (Wildman–Crippen MR) is 93.5 cm³/mol. The second-order valence-corrected chi connectivity index (χ2v) is 6.31. The van der Waals surface area contributed by atoms with Gasteiger partial charge in [0.2, 0.25) is 0 Å². The number of likely N-dealkylation sites (tertiary alicyclic amines) is 1. The Morgan fingerprint density at radius 2 is 2.18 bits per heavy atom. The summed E-state index contributed by atoms with van der Waals surface area (Å²) in [5, 5.41) is 4.95. The maximum atomic E-state index is 11.5. The molecular weight excluding hydrogens is 296 g/mol. The molecule has 0 bridgehead atoms. The molecule has 1 atom stereocenters. The largest absolute Gasteiger partial charge is 0.423 e. The maximum Gasteiger partial charge on any atom is 0.336 e. The smallest absolute Gasteiger partial charge is 0.336 e. The molecule has 1 unspecified atom stereocenters. The molecule has 1 saturated heterocycles. The highest BCUT2D eigenvalue weighted by Gasteiger charge is 2.20. The van der Waals surface area contributed by atoms with Gasteiger partial charge in [-0.25, -0.2) is 4.79 Å². The van der Waals surface area contributed by atoms with Crippen LogP contribution in [-0.4, -0.2) is 22.6 Å². The number of piperidine rings is 1. The zero-order chi connectivity index (χ0) is 15.7. The van der Waals surface area contributed by atoms with E-state index in [-0.39, 0.29) is 5.63 Å². The number of rotatable bonds is 1. The monoisotopic (exact) mass is 316 g/mol. The van der Waals surface area contributed by atoms with Gasteiger partial charge in [-0.2, -0.15) is 0 Å². The number of anilines is 1. The third-order valence-electron chi connectivity index (χ3n) is 4.27. The average Bonchev–Trinajstić information content (AvgIpc) is 2.47. The molecule has 1 aliphatic rings. The van der Waals surface area contributed by atoms with Crippen molar-refractivity contribution in [3.8, 4) is 0 Å². The van der Waals surface area contributed by atoms with Gasteiger partial charge in [-0.05, 0) is 63.0 Å². The molecule has 0 spiro atoms. The molecule has 5 heteroatoms. The van der Waals surface area contributed by atoms with Crippen LogP contribution in [0.25, 0.3) is 11.0 Å². The molecule has 22 heavy (non-hydrogen) atoms. The lowest BCUT2D eigenvalue weighted by Crippen LogP contribution is -2.44. The molecule has 1 N–H and O–H groups in total. The number of hydrogen-bond donors (Lipinski definition) is 1. The number of fused-ring (bicyclic) bond motifs is 1. The average molecular weight is 316 g/mol. The molecule has 3 rings (SSSR count). The normalized spacial score (nSPS) is 18.5. The van der Waals surface area contributed by atoms with E-state index in [1.54, 1.807) is 0 Å². The van der Waals surface area contributed by atoms with Gasteiger partial charge in [0.1, 0.15) is 5.58 Å². The fraction of sp³-hybridized carbons (Fsp3) is 0.412. The molecule has 0 amide bonds. The van der Waals surface area contributed by atoms with Crippen molar-refractivity contribution in [1.82, 2.24) is 4.90 Å². The second-order valence-electron chi connectivity index (χ2n) is 5.93. The van der Waals surface area contributed by atoms with E-state index < -0.39 is 0 Å². The van der Waals surface area contributed by atoms with E-state index in [0.717, 1.165) is 28.3 Å². The molecule has 1 aliphatic heterocycles. The zero-order valence-electron chi connectivity index (χ0n) is 12.9. The van der Waals surface area contributed by atoms with Crippen LogP contribution < -0.4 is 10.9 Å². The van der Waals surface area contributed by atoms with E-state index in [0.29, 0.717) is 11.6 Å². The summed E-state index contributed by atoms with van der Waals surface area (Å²) in [6.45, 7) is 5.11. The molecule has 2 aromatic rings. The lowest BCUT2D eigenvalue weighted by Gasteiger charge is -2.35. The molecule has 116 valence electrons. The Bertz CT molecular complexity index is 769. The molecule has 0 radical (unpaired) electrons. The Morgan fingerprint density at radius 3 is 2.95 bits per heavy atom. The first-order chi connectivity index (χ1) is 10.5. The maximum absolute atomic E-state index is 11.5. The van der Waals surface area contributed by atoms with Crippen molar-refractivity contribution in [2.24, 2.45) is 0 Å². The van der Waals surface area contributed by atoms with Crippen molar-refractivity contribution in [2.75, 3.05) is 11.9 Å². The first kappa shape index (κ1) is 15.0. The van der Waals surface area contributed by atoms with Gasteiger partial charge in [0.05, 0.1) is 0 Å². The van der Waals surface area contributed by atoms with Gasteiger partial charge in [-0.15, -0.1) is 0 Å². The van der Waals surface area contributed by atoms with Gasteiger partial charge in [-0.1, -0.05) is 0 Å². The molecule has 4 nitrogen and oxygen atoms in total. The lowest BCUT2D eigenvalue weighted by atomic mass is 10.0. The number of thiocarbonyl (C=S) groups is 1. The van der Waals surface area contributed by atoms with E-state index in [9.17, 15) is 4.79 Å². The van der Waals surface area contributed by atoms with Crippen LogP contribution in [0.2, 0.25) is 0 Å². The van der Waals surface area contributed by atoms with Crippen molar-refractivity contribution in [1.29, 1.82) is 0 Å². The summed E-state index contributed by atoms with van der Waals surface area (Å²) in [5.74, 6) is 0. The van der Waals surface area contributed by atoms with E-state index in [1.807, 2.05) is 25.1 Å². The fourth-order valence-electron chi connectivity index (χ4n) is 3.00. The molecule has 0 aliphatic carbocycles. The Morgan fingerprint density at radius 1 is 1.36 bits per heavy atom. The minimum Gasteiger partial charge on any atom is -0.423 e. The van der Waals surface area contributed by atoms with Gasteiger partial charge in [0.25, 0.3) is 0 Å². The van der Waals surface area contributed by atoms with Crippen molar-refractivity contribution < 1.29 is 4.42 Å². The summed E-state index contributed by atoms with van der Waals surface area (Å²) in [7, 11) is 0. The molecule has 1 aromatic heterocycles. The minimum absolute atomic E-state index is 0.325. The molecular formula is C17H20N2O2S. The number of nitrogens with zero attached hydrogens (tertiary/aromatic N) is 1. The van der Waals surface area contributed by atoms with Crippen LogP contribution in [0, 0.1) is 6.92 Å². The van der Waals surface area contributed by atoms with Crippen LogP contribution in [0.1, 0.15) is 31.7 Å². The third-order valence-corrected chi connectivity index (χ3v) is 4.60. The van der Waals surface area contributed by atoms with Gasteiger partial charge in [0, 0.05) is 35.8 Å². The quantitative estimate of drug-likeness (QED) is 0.642. The first-order valence-corrected chi connectivity index (χ1v) is 8.07. The highest BCUT2D eigenvalue weighted by atomic mass is 32.1. The summed E-state index contributed by atoms with van der Waals surface area (Å²) in [5.41, 5.74) is 2.04. The van der Waals surface area contributed by atoms with E-state index in [1.165, 1.54) is 25.3 Å². The third kappa shape index (κ3) is 2.99. The summed E-state index contributed by atoms with van der Waals surface area (Å²) < 4.78 is 5.28. The number of aryl methyl sites for hydroxylation is 1. The summed E-state index contributed by atoms with van der Waals surface area (Å²) in [6, 6.07) is 7.74. The van der Waals surface area contributed by atoms with Gasteiger partial charge in [-0.3, -0.25) is 0 Å². The van der Waals surface area contributed by atoms with Gasteiger partial charge >= 0.3 is 5.63 Å². The minimum atomic E-state index is -0.325. The van der Waals surface area contributed by atoms with Crippen molar-refractivity contribution >= 4 is 34.0 Å². The van der Waals surface area contributed by atoms with Gasteiger partial charge < -0.3 is 14.6 Å². The molecule has 0 saturated carbocycles. The van der Waals surface area contributed by atoms with Crippen LogP contribution in [-0.2, 0) is 0 Å². The van der Waals surface area contributed by atoms with Crippen LogP contribution in [0.3, 0.4) is 0 Å². The second kappa shape index (κ2) is 6.08. The molecule has 2 heterocycles. The van der Waals surface area contributed by atoms with E-state index in [2.05, 4.69) is 17.1 Å². The summed E-state index contributed by atoms with van der Waals surface area (Å²) in [4.78, 5) is 13.7. The Labute approximate surface area is 135 Å². The summed E-state index contributed by atoms with van der Waals surface area (Å²) >= 11 is 5.53. The number of nitrogens with one attached hydrogen (secondary N) is 1. The number of benzene rings is 1. The van der Waals surface area contributed by atoms with Crippen molar-refractivity contribution in [3.05, 3.63) is 40.2 Å². The SMILES string of the molecule is Cc1cc(=O)oc2cc(NC(=S)N3CCCCC3C)ccc12. The van der Waals surface area contributed by atoms with Crippen LogP contribution >= 0.6 is 12.2 Å². The Balaban J connectivity index is 1.84. The Kier molecular flexibility index (Phi) is 4.16. The highest BCUT2D eigenvalue weighted by molar-refractivity contribution is 7.80. The zero-order valence-corrected chi connectivity index (χ0v) is 13.7. The standard InChI is InChI=1S/C17H20N2O2S/c1-11-9-16(20)21-15-10-13(6-7-14(11)15)18-17(22)19-8-4-3-5-12(19)2/h6-7,9-10,12H,3-5,8H2,1-2H3,(H,18,22). The van der Waals surface area contributed by atoms with Crippen molar-refractivity contribution in [2.45, 2.75) is 39.2 Å². The van der Waals surface area contributed by atoms with Crippen LogP contribution in [0.5, 0.6) is 0 Å². The lowest BCUT2D eigenvalue weighted by molar-refractivity contribution is 0.262. The van der Waals surface area contributed by atoms with E-state index >= 15 is 0 Å². The van der Waals surface area contributed by atoms with E-state index in [4.69, 9.17) is 16.6 Å². The Hall–Kier alpha value is -1.88. The fourth-order valence-corrected chi connectivity index (χ4v) is 3.39. The molecule has 1 aromatic carbocycles. The molecule has 1 fully saturated rings. The first-order valence-electron chi connectivity index (χ1n) is 7.67. The highest BCUT2D eigenvalue weighted by Crippen LogP contribution is 2.22. The van der Waals surface area contributed by atoms with Crippen LogP contribution in [0.15, 0.2) is 33.5 Å². The number of hydrogen-bond acceptors (Lipinski definition) is 3. The van der Waals surface area contributed by atoms with Gasteiger partial charge in [0.15, 0.2) is 5.11 Å². The summed E-state index contributed by atoms with van der Waals surface area (Å²) in [6.07, 6.45) is 3.62. The predicted octanol–water partition coefficient (Wildman–Crippen LogP) is 3.67.